The van der Waals surface area contributed by atoms with Crippen LogP contribution < -0.4 is 14.8 Å². The molecular weight excluding hydrogens is 536 g/mol. The molecule has 1 aromatic heterocycles. The first-order chi connectivity index (χ1) is 19.4. The van der Waals surface area contributed by atoms with Crippen LogP contribution in [0.2, 0.25) is 0 Å². The Bertz CT molecular complexity index is 1520. The van der Waals surface area contributed by atoms with Crippen molar-refractivity contribution in [2.75, 3.05) is 36.3 Å². The van der Waals surface area contributed by atoms with Crippen LogP contribution in [0, 0.1) is 11.6 Å². The van der Waals surface area contributed by atoms with E-state index in [0.29, 0.717) is 18.1 Å². The number of anilines is 3. The smallest absolute Gasteiger partial charge is 0.267 e. The summed E-state index contributed by atoms with van der Waals surface area (Å²) in [5.74, 6) is -0.985. The van der Waals surface area contributed by atoms with Gasteiger partial charge in [-0.15, -0.1) is 0 Å². The maximum absolute atomic E-state index is 14.0. The van der Waals surface area contributed by atoms with Crippen LogP contribution in [-0.4, -0.2) is 49.5 Å². The normalized spacial score (nSPS) is 13.8. The van der Waals surface area contributed by atoms with Gasteiger partial charge in [-0.1, -0.05) is 6.07 Å². The minimum absolute atomic E-state index is 0.148. The van der Waals surface area contributed by atoms with Gasteiger partial charge in [0.05, 0.1) is 12.3 Å². The van der Waals surface area contributed by atoms with E-state index in [9.17, 15) is 17.2 Å². The van der Waals surface area contributed by atoms with E-state index in [1.54, 1.807) is 18.2 Å². The molecule has 11 heteroatoms. The van der Waals surface area contributed by atoms with Crippen molar-refractivity contribution < 1.29 is 21.9 Å². The molecule has 3 aromatic carbocycles. The molecule has 2 N–H and O–H groups in total. The second-order valence-electron chi connectivity index (χ2n) is 9.42. The fourth-order valence-electron chi connectivity index (χ4n) is 4.50. The van der Waals surface area contributed by atoms with Crippen molar-refractivity contribution in [2.24, 2.45) is 0 Å². The zero-order valence-electron chi connectivity index (χ0n) is 21.7. The van der Waals surface area contributed by atoms with E-state index in [2.05, 4.69) is 24.9 Å². The molecule has 2 heterocycles. The van der Waals surface area contributed by atoms with Crippen LogP contribution in [0.25, 0.3) is 11.3 Å². The molecule has 0 amide bonds. The van der Waals surface area contributed by atoms with E-state index in [1.165, 1.54) is 44.4 Å². The Labute approximate surface area is 232 Å². The molecule has 8 nitrogen and oxygen atoms in total. The molecule has 1 aliphatic rings. The van der Waals surface area contributed by atoms with Crippen LogP contribution in [0.1, 0.15) is 19.3 Å². The maximum atomic E-state index is 14.0. The number of benzene rings is 3. The molecule has 4 aromatic rings. The van der Waals surface area contributed by atoms with Crippen LogP contribution >= 0.6 is 0 Å². The molecule has 0 unspecified atom stereocenters. The number of halogens is 2. The van der Waals surface area contributed by atoms with E-state index in [4.69, 9.17) is 4.74 Å². The quantitative estimate of drug-likeness (QED) is 0.221. The highest BCUT2D eigenvalue weighted by molar-refractivity contribution is 7.92. The van der Waals surface area contributed by atoms with E-state index < -0.39 is 26.6 Å². The van der Waals surface area contributed by atoms with Gasteiger partial charge < -0.3 is 15.0 Å². The first-order valence-electron chi connectivity index (χ1n) is 13.0. The highest BCUT2D eigenvalue weighted by Gasteiger charge is 2.23. The highest BCUT2D eigenvalue weighted by atomic mass is 32.2. The Kier molecular flexibility index (Phi) is 8.51. The van der Waals surface area contributed by atoms with Crippen LogP contribution in [0.3, 0.4) is 0 Å². The predicted molar refractivity (Wildman–Crippen MR) is 150 cm³/mol. The highest BCUT2D eigenvalue weighted by Crippen LogP contribution is 2.26. The monoisotopic (exact) mass is 565 g/mol. The summed E-state index contributed by atoms with van der Waals surface area (Å²) >= 11 is 0. The van der Waals surface area contributed by atoms with E-state index >= 15 is 0 Å². The van der Waals surface area contributed by atoms with Crippen molar-refractivity contribution >= 4 is 27.2 Å². The molecule has 1 fully saturated rings. The van der Waals surface area contributed by atoms with Gasteiger partial charge in [0, 0.05) is 29.5 Å². The fourth-order valence-corrected chi connectivity index (χ4v) is 5.70. The maximum Gasteiger partial charge on any atom is 0.267 e. The molecule has 1 aliphatic heterocycles. The number of rotatable bonds is 11. The van der Waals surface area contributed by atoms with Gasteiger partial charge in [0.25, 0.3) is 10.0 Å². The van der Waals surface area contributed by atoms with Gasteiger partial charge in [-0.3, -0.25) is 4.72 Å². The van der Waals surface area contributed by atoms with Crippen LogP contribution in [-0.2, 0) is 10.0 Å². The minimum Gasteiger partial charge on any atom is -0.494 e. The second-order valence-corrected chi connectivity index (χ2v) is 11.0. The number of nitrogens with zero attached hydrogens (tertiary/aromatic N) is 3. The summed E-state index contributed by atoms with van der Waals surface area (Å²) in [4.78, 5) is 10.1. The van der Waals surface area contributed by atoms with Gasteiger partial charge in [-0.2, -0.15) is 0 Å². The lowest BCUT2D eigenvalue weighted by Gasteiger charge is -2.14. The fraction of sp³-hybridized carbons (Fsp3) is 0.241. The predicted octanol–water partition coefficient (Wildman–Crippen LogP) is 5.83. The molecule has 0 atom stereocenters. The van der Waals surface area contributed by atoms with E-state index in [0.717, 1.165) is 48.2 Å². The molecule has 0 radical (unpaired) electrons. The van der Waals surface area contributed by atoms with Crippen molar-refractivity contribution in [1.29, 1.82) is 0 Å². The Morgan fingerprint density at radius 3 is 2.25 bits per heavy atom. The Morgan fingerprint density at radius 2 is 1.55 bits per heavy atom. The van der Waals surface area contributed by atoms with Crippen molar-refractivity contribution in [3.8, 4) is 17.0 Å². The molecule has 0 aliphatic carbocycles. The zero-order valence-corrected chi connectivity index (χ0v) is 22.5. The molecular formula is C29H29F2N5O3S. The Hall–Kier alpha value is -4.09. The second kappa shape index (κ2) is 12.4. The number of nitrogens with one attached hydrogen (secondary N) is 2. The van der Waals surface area contributed by atoms with E-state index in [1.807, 2.05) is 24.3 Å². The Balaban J connectivity index is 1.18. The summed E-state index contributed by atoms with van der Waals surface area (Å²) < 4.78 is 61.0. The van der Waals surface area contributed by atoms with Gasteiger partial charge in [0.2, 0.25) is 0 Å². The lowest BCUT2D eigenvalue weighted by atomic mass is 10.1. The first-order valence-corrected chi connectivity index (χ1v) is 14.5. The van der Waals surface area contributed by atoms with Gasteiger partial charge >= 0.3 is 0 Å². The number of likely N-dealkylation sites (tertiary alicyclic amines) is 1. The topological polar surface area (TPSA) is 96.5 Å². The van der Waals surface area contributed by atoms with Crippen LogP contribution in [0.5, 0.6) is 5.75 Å². The molecule has 0 bridgehead atoms. The van der Waals surface area contributed by atoms with Gasteiger partial charge in [0.1, 0.15) is 29.5 Å². The number of sulfonamides is 1. The molecule has 40 heavy (non-hydrogen) atoms. The van der Waals surface area contributed by atoms with Crippen LogP contribution in [0.15, 0.2) is 84.0 Å². The number of aromatic nitrogens is 2. The summed E-state index contributed by atoms with van der Waals surface area (Å²) in [6.07, 6.45) is 5.03. The molecule has 0 spiro atoms. The summed E-state index contributed by atoms with van der Waals surface area (Å²) in [5.41, 5.74) is 2.40. The summed E-state index contributed by atoms with van der Waals surface area (Å²) in [6.45, 7) is 4.13. The van der Waals surface area contributed by atoms with Crippen molar-refractivity contribution in [2.45, 2.75) is 24.2 Å². The third kappa shape index (κ3) is 6.91. The Morgan fingerprint density at radius 1 is 0.875 bits per heavy atom. The standard InChI is InChI=1S/C29H29F2N5O3S/c30-25-5-3-6-26(31)29(25)40(37,38)35-23-11-9-22(10-12-23)34-28-19-27(32-20-33-28)21-7-13-24(14-8-21)39-18-4-17-36-15-1-2-16-36/h3,5-14,19-20,35H,1-2,4,15-18H2,(H,32,33,34). The molecule has 1 saturated heterocycles. The van der Waals surface area contributed by atoms with Crippen molar-refractivity contribution in [3.05, 3.63) is 90.8 Å². The van der Waals surface area contributed by atoms with Gasteiger partial charge in [0.15, 0.2) is 4.90 Å². The third-order valence-corrected chi connectivity index (χ3v) is 7.93. The largest absolute Gasteiger partial charge is 0.494 e. The molecule has 5 rings (SSSR count). The summed E-state index contributed by atoms with van der Waals surface area (Å²) in [6, 6.07) is 18.6. The minimum atomic E-state index is -4.45. The van der Waals surface area contributed by atoms with Crippen molar-refractivity contribution in [3.63, 3.8) is 0 Å². The average Bonchev–Trinajstić information content (AvgIpc) is 3.46. The molecule has 208 valence electrons. The average molecular weight is 566 g/mol. The van der Waals surface area contributed by atoms with Gasteiger partial charge in [-0.25, -0.2) is 27.2 Å². The number of hydrogen-bond donors (Lipinski definition) is 2. The first kappa shape index (κ1) is 27.5. The van der Waals surface area contributed by atoms with Crippen LogP contribution in [0.4, 0.5) is 26.0 Å². The molecule has 0 saturated carbocycles. The van der Waals surface area contributed by atoms with E-state index in [-0.39, 0.29) is 5.69 Å². The SMILES string of the molecule is O=S(=O)(Nc1ccc(Nc2cc(-c3ccc(OCCCN4CCCC4)cc3)ncn2)cc1)c1c(F)cccc1F. The third-order valence-electron chi connectivity index (χ3n) is 6.50. The summed E-state index contributed by atoms with van der Waals surface area (Å²) in [7, 11) is -4.45. The number of ether oxygens (including phenoxy) is 1. The lowest BCUT2D eigenvalue weighted by Crippen LogP contribution is -2.21. The van der Waals surface area contributed by atoms with Crippen molar-refractivity contribution in [1.82, 2.24) is 14.9 Å². The zero-order chi connectivity index (χ0) is 28.0. The lowest BCUT2D eigenvalue weighted by molar-refractivity contribution is 0.263. The summed E-state index contributed by atoms with van der Waals surface area (Å²) in [5, 5.41) is 3.15. The van der Waals surface area contributed by atoms with Gasteiger partial charge in [-0.05, 0) is 93.0 Å². The number of hydrogen-bond acceptors (Lipinski definition) is 7.